The number of aliphatic hydroxyl groups is 1. The lowest BCUT2D eigenvalue weighted by molar-refractivity contribution is 0.0340. The molecule has 0 atom stereocenters. The summed E-state index contributed by atoms with van der Waals surface area (Å²) in [5.74, 6) is 0.818. The Morgan fingerprint density at radius 2 is 1.89 bits per heavy atom. The van der Waals surface area contributed by atoms with Gasteiger partial charge in [-0.25, -0.2) is 0 Å². The van der Waals surface area contributed by atoms with Gasteiger partial charge in [-0.15, -0.1) is 0 Å². The summed E-state index contributed by atoms with van der Waals surface area (Å²) in [5.41, 5.74) is -0.670. The Labute approximate surface area is 114 Å². The molecule has 0 aliphatic carbocycles. The Balaban J connectivity index is 2.33. The number of hydrogen-bond acceptors (Lipinski definition) is 3. The molecule has 102 valence electrons. The van der Waals surface area contributed by atoms with Crippen LogP contribution in [0.25, 0.3) is 0 Å². The van der Waals surface area contributed by atoms with Gasteiger partial charge in [-0.05, 0) is 44.7 Å². The van der Waals surface area contributed by atoms with Crippen LogP contribution in [0.15, 0.2) is 24.3 Å². The minimum Gasteiger partial charge on any atom is -0.492 e. The highest BCUT2D eigenvalue weighted by molar-refractivity contribution is 6.30. The van der Waals surface area contributed by atoms with Crippen molar-refractivity contribution in [3.63, 3.8) is 0 Å². The molecule has 0 radical (unpaired) electrons. The van der Waals surface area contributed by atoms with Gasteiger partial charge in [-0.1, -0.05) is 18.5 Å². The van der Waals surface area contributed by atoms with E-state index in [1.807, 2.05) is 38.1 Å². The Morgan fingerprint density at radius 1 is 1.28 bits per heavy atom. The summed E-state index contributed by atoms with van der Waals surface area (Å²) < 4.78 is 5.63. The van der Waals surface area contributed by atoms with Crippen molar-refractivity contribution >= 4 is 11.6 Å². The Hall–Kier alpha value is -0.770. The zero-order chi connectivity index (χ0) is 13.6. The number of likely N-dealkylation sites (N-methyl/N-ethyl adjacent to an activating group) is 1. The molecule has 0 saturated carbocycles. The average Bonchev–Trinajstić information content (AvgIpc) is 2.29. The van der Waals surface area contributed by atoms with Crippen molar-refractivity contribution in [2.75, 3.05) is 26.2 Å². The Morgan fingerprint density at radius 3 is 2.39 bits per heavy atom. The van der Waals surface area contributed by atoms with Crippen LogP contribution in [0.3, 0.4) is 0 Å². The number of halogens is 1. The van der Waals surface area contributed by atoms with E-state index in [0.717, 1.165) is 18.8 Å². The van der Waals surface area contributed by atoms with E-state index >= 15 is 0 Å². The highest BCUT2D eigenvalue weighted by Gasteiger charge is 2.16. The first kappa shape index (κ1) is 15.3. The van der Waals surface area contributed by atoms with Crippen LogP contribution in [-0.2, 0) is 0 Å². The highest BCUT2D eigenvalue weighted by atomic mass is 35.5. The third-order valence-electron chi connectivity index (χ3n) is 2.55. The summed E-state index contributed by atoms with van der Waals surface area (Å²) in [7, 11) is 0. The first-order valence-corrected chi connectivity index (χ1v) is 6.61. The summed E-state index contributed by atoms with van der Waals surface area (Å²) in [6.07, 6.45) is 0. The largest absolute Gasteiger partial charge is 0.492 e. The minimum atomic E-state index is -0.670. The van der Waals surface area contributed by atoms with Crippen LogP contribution in [0.4, 0.5) is 0 Å². The average molecular weight is 272 g/mol. The molecule has 4 heteroatoms. The molecule has 1 aromatic rings. The fraction of sp³-hybridized carbons (Fsp3) is 0.571. The van der Waals surface area contributed by atoms with Gasteiger partial charge in [-0.3, -0.25) is 4.90 Å². The Kier molecular flexibility index (Phi) is 5.93. The summed E-state index contributed by atoms with van der Waals surface area (Å²) in [6.45, 7) is 8.65. The molecule has 0 bridgehead atoms. The van der Waals surface area contributed by atoms with Gasteiger partial charge in [0.2, 0.25) is 0 Å². The van der Waals surface area contributed by atoms with Crippen molar-refractivity contribution in [1.29, 1.82) is 0 Å². The molecule has 0 saturated heterocycles. The molecule has 1 rings (SSSR count). The molecule has 0 fully saturated rings. The molecule has 0 unspecified atom stereocenters. The second-order valence-corrected chi connectivity index (χ2v) is 5.42. The second kappa shape index (κ2) is 6.98. The van der Waals surface area contributed by atoms with Crippen molar-refractivity contribution in [2.45, 2.75) is 26.4 Å². The quantitative estimate of drug-likeness (QED) is 0.828. The lowest BCUT2D eigenvalue weighted by atomic mass is 10.1. The first-order valence-electron chi connectivity index (χ1n) is 6.24. The third-order valence-corrected chi connectivity index (χ3v) is 2.80. The van der Waals surface area contributed by atoms with Crippen LogP contribution in [0.1, 0.15) is 20.8 Å². The van der Waals surface area contributed by atoms with Crippen LogP contribution < -0.4 is 4.74 Å². The van der Waals surface area contributed by atoms with E-state index in [2.05, 4.69) is 11.8 Å². The fourth-order valence-electron chi connectivity index (χ4n) is 1.72. The van der Waals surface area contributed by atoms with Crippen LogP contribution in [-0.4, -0.2) is 41.8 Å². The van der Waals surface area contributed by atoms with Crippen molar-refractivity contribution in [3.05, 3.63) is 29.3 Å². The maximum absolute atomic E-state index is 9.77. The molecule has 0 amide bonds. The third kappa shape index (κ3) is 6.24. The smallest absolute Gasteiger partial charge is 0.119 e. The lowest BCUT2D eigenvalue weighted by Crippen LogP contribution is -2.40. The maximum atomic E-state index is 9.77. The van der Waals surface area contributed by atoms with Crippen LogP contribution in [0, 0.1) is 0 Å². The van der Waals surface area contributed by atoms with Crippen molar-refractivity contribution in [2.24, 2.45) is 0 Å². The molecule has 0 aromatic heterocycles. The van der Waals surface area contributed by atoms with Gasteiger partial charge in [0, 0.05) is 18.1 Å². The molecule has 0 spiro atoms. The van der Waals surface area contributed by atoms with E-state index in [1.54, 1.807) is 0 Å². The number of rotatable bonds is 7. The van der Waals surface area contributed by atoms with Gasteiger partial charge in [0.1, 0.15) is 12.4 Å². The molecule has 18 heavy (non-hydrogen) atoms. The van der Waals surface area contributed by atoms with Gasteiger partial charge in [0.15, 0.2) is 0 Å². The van der Waals surface area contributed by atoms with Gasteiger partial charge >= 0.3 is 0 Å². The monoisotopic (exact) mass is 271 g/mol. The van der Waals surface area contributed by atoms with Crippen LogP contribution >= 0.6 is 11.6 Å². The summed E-state index contributed by atoms with van der Waals surface area (Å²) in [4.78, 5) is 2.16. The normalized spacial score (nSPS) is 11.9. The summed E-state index contributed by atoms with van der Waals surface area (Å²) in [6, 6.07) is 7.33. The predicted molar refractivity (Wildman–Crippen MR) is 75.4 cm³/mol. The molecular formula is C14H22ClNO2. The summed E-state index contributed by atoms with van der Waals surface area (Å²) >= 11 is 5.80. The van der Waals surface area contributed by atoms with Gasteiger partial charge < -0.3 is 9.84 Å². The van der Waals surface area contributed by atoms with E-state index in [1.165, 1.54) is 0 Å². The topological polar surface area (TPSA) is 32.7 Å². The number of benzene rings is 1. The molecule has 0 aliphatic rings. The van der Waals surface area contributed by atoms with E-state index in [0.29, 0.717) is 18.2 Å². The zero-order valence-corrected chi connectivity index (χ0v) is 12.1. The van der Waals surface area contributed by atoms with Gasteiger partial charge in [0.05, 0.1) is 5.60 Å². The van der Waals surface area contributed by atoms with E-state index in [9.17, 15) is 5.11 Å². The number of hydrogen-bond donors (Lipinski definition) is 1. The van der Waals surface area contributed by atoms with Gasteiger partial charge in [-0.2, -0.15) is 0 Å². The molecule has 0 aliphatic heterocycles. The summed E-state index contributed by atoms with van der Waals surface area (Å²) in [5, 5.41) is 10.5. The van der Waals surface area contributed by atoms with Gasteiger partial charge in [0.25, 0.3) is 0 Å². The minimum absolute atomic E-state index is 0.603. The van der Waals surface area contributed by atoms with Crippen molar-refractivity contribution in [1.82, 2.24) is 4.90 Å². The number of nitrogens with zero attached hydrogens (tertiary/aromatic N) is 1. The van der Waals surface area contributed by atoms with Crippen LogP contribution in [0.5, 0.6) is 5.75 Å². The second-order valence-electron chi connectivity index (χ2n) is 4.98. The highest BCUT2D eigenvalue weighted by Crippen LogP contribution is 2.15. The predicted octanol–water partition coefficient (Wildman–Crippen LogP) is 2.81. The van der Waals surface area contributed by atoms with E-state index in [4.69, 9.17) is 16.3 Å². The maximum Gasteiger partial charge on any atom is 0.119 e. The SMILES string of the molecule is CCN(CCOc1ccc(Cl)cc1)CC(C)(C)O. The molecule has 0 heterocycles. The molecule has 1 aromatic carbocycles. The van der Waals surface area contributed by atoms with E-state index < -0.39 is 5.60 Å². The first-order chi connectivity index (χ1) is 8.40. The lowest BCUT2D eigenvalue weighted by Gasteiger charge is -2.27. The van der Waals surface area contributed by atoms with Crippen LogP contribution in [0.2, 0.25) is 5.02 Å². The number of ether oxygens (including phenoxy) is 1. The Bertz CT molecular complexity index is 346. The van der Waals surface area contributed by atoms with Crippen molar-refractivity contribution < 1.29 is 9.84 Å². The molecule has 1 N–H and O–H groups in total. The van der Waals surface area contributed by atoms with Crippen molar-refractivity contribution in [3.8, 4) is 5.75 Å². The molecular weight excluding hydrogens is 250 g/mol. The molecule has 3 nitrogen and oxygen atoms in total. The fourth-order valence-corrected chi connectivity index (χ4v) is 1.85. The van der Waals surface area contributed by atoms with E-state index in [-0.39, 0.29) is 0 Å². The standard InChI is InChI=1S/C14H22ClNO2/c1-4-16(11-14(2,3)17)9-10-18-13-7-5-12(15)6-8-13/h5-8,17H,4,9-11H2,1-3H3. The zero-order valence-electron chi connectivity index (χ0n) is 11.3.